The van der Waals surface area contributed by atoms with E-state index in [-0.39, 0.29) is 0 Å². The Morgan fingerprint density at radius 3 is 1.25 bits per heavy atom. The summed E-state index contributed by atoms with van der Waals surface area (Å²) in [6.07, 6.45) is 7.72. The molecule has 254 valence electrons. The Kier molecular flexibility index (Phi) is 6.99. The van der Waals surface area contributed by atoms with Gasteiger partial charge in [0.25, 0.3) is 0 Å². The number of hydrogen-bond acceptors (Lipinski definition) is 0. The van der Waals surface area contributed by atoms with E-state index in [1.807, 2.05) is 0 Å². The first-order valence-electron chi connectivity index (χ1n) is 19.6. The van der Waals surface area contributed by atoms with Crippen molar-refractivity contribution in [2.75, 3.05) is 0 Å². The van der Waals surface area contributed by atoms with Gasteiger partial charge < -0.3 is 4.57 Å². The molecule has 0 aliphatic carbocycles. The molecule has 0 saturated carbocycles. The second-order valence-electron chi connectivity index (χ2n) is 15.3. The van der Waals surface area contributed by atoms with Crippen molar-refractivity contribution in [2.24, 2.45) is 0 Å². The Morgan fingerprint density at radius 2 is 0.755 bits per heavy atom. The number of benzene rings is 10. The van der Waals surface area contributed by atoms with Gasteiger partial charge >= 0.3 is 0 Å². The van der Waals surface area contributed by atoms with E-state index in [4.69, 9.17) is 0 Å². The van der Waals surface area contributed by atoms with E-state index < -0.39 is 0 Å². The van der Waals surface area contributed by atoms with Gasteiger partial charge in [-0.1, -0.05) is 172 Å². The molecule has 0 bridgehead atoms. The quantitative estimate of drug-likeness (QED) is 0.106. The van der Waals surface area contributed by atoms with Crippen molar-refractivity contribution < 1.29 is 0 Å². The summed E-state index contributed by atoms with van der Waals surface area (Å²) in [5.41, 5.74) is 7.86. The zero-order valence-corrected chi connectivity index (χ0v) is 30.3. The zero-order chi connectivity index (χ0) is 35.0. The highest BCUT2D eigenvalue weighted by Gasteiger charge is 2.18. The Hall–Kier alpha value is -5.92. The highest BCUT2D eigenvalue weighted by atomic mass is 15.0. The number of hydrogen-bond donors (Lipinski definition) is 0. The lowest BCUT2D eigenvalue weighted by Gasteiger charge is -2.15. The summed E-state index contributed by atoms with van der Waals surface area (Å²) in [6.45, 7) is 3.32. The average molecular weight is 680 g/mol. The van der Waals surface area contributed by atoms with Gasteiger partial charge in [0, 0.05) is 28.4 Å². The van der Waals surface area contributed by atoms with Crippen LogP contribution < -0.4 is 0 Å². The van der Waals surface area contributed by atoms with Gasteiger partial charge in [-0.05, 0) is 105 Å². The predicted molar refractivity (Wildman–Crippen MR) is 231 cm³/mol. The summed E-state index contributed by atoms with van der Waals surface area (Å²) in [5.74, 6) is 0. The van der Waals surface area contributed by atoms with Gasteiger partial charge in [-0.2, -0.15) is 0 Å². The molecule has 1 heteroatoms. The van der Waals surface area contributed by atoms with Gasteiger partial charge in [-0.3, -0.25) is 0 Å². The number of aromatic nitrogens is 1. The third kappa shape index (κ3) is 4.70. The van der Waals surface area contributed by atoms with E-state index in [2.05, 4.69) is 157 Å². The molecular weight excluding hydrogens is 639 g/mol. The molecule has 0 unspecified atom stereocenters. The molecule has 0 spiro atoms. The first-order valence-corrected chi connectivity index (χ1v) is 19.6. The molecule has 0 saturated heterocycles. The van der Waals surface area contributed by atoms with Crippen LogP contribution in [0.4, 0.5) is 0 Å². The number of aryl methyl sites for hydroxylation is 1. The van der Waals surface area contributed by atoms with Crippen LogP contribution >= 0.6 is 0 Å². The maximum Gasteiger partial charge on any atom is 0.0497 e. The molecule has 10 aromatic carbocycles. The molecule has 1 nitrogen and oxygen atoms in total. The number of unbranched alkanes of at least 4 members (excludes halogenated alkanes) is 5. The number of rotatable bonds is 9. The maximum absolute atomic E-state index is 2.64. The van der Waals surface area contributed by atoms with Gasteiger partial charge in [0.2, 0.25) is 0 Å². The van der Waals surface area contributed by atoms with Crippen LogP contribution in [0.1, 0.15) is 45.4 Å². The molecule has 11 rings (SSSR count). The first-order chi connectivity index (χ1) is 26.2. The van der Waals surface area contributed by atoms with Crippen molar-refractivity contribution in [1.29, 1.82) is 0 Å². The third-order valence-electron chi connectivity index (χ3n) is 12.3. The van der Waals surface area contributed by atoms with Gasteiger partial charge in [-0.15, -0.1) is 0 Å². The molecular formula is C52H41N. The number of fused-ring (bicyclic) bond motifs is 3. The Bertz CT molecular complexity index is 2920. The molecule has 1 heterocycles. The summed E-state index contributed by atoms with van der Waals surface area (Å²) in [4.78, 5) is 0. The van der Waals surface area contributed by atoms with E-state index in [1.54, 1.807) is 0 Å². The standard InChI is InChI=1S/C52H41N/c1-2-3-4-5-6-7-30-53-47-31-39(41-24-18-37-16-14-33-10-8-12-35-20-28-45(41)51(37)49(33)35)22-26-43(47)44-27-23-40(32-48(44)53)42-25-19-38-17-15-34-11-9-13-36-21-29-46(42)52(38)50(34)36/h8-29,31-32H,2-7,30H2,1H3. The Balaban J connectivity index is 1.09. The molecule has 0 N–H and O–H groups in total. The summed E-state index contributed by atoms with van der Waals surface area (Å²) in [7, 11) is 0. The van der Waals surface area contributed by atoms with E-state index in [9.17, 15) is 0 Å². The molecule has 11 aromatic rings. The van der Waals surface area contributed by atoms with Crippen molar-refractivity contribution in [3.8, 4) is 22.3 Å². The summed E-state index contributed by atoms with van der Waals surface area (Å²) >= 11 is 0. The third-order valence-corrected chi connectivity index (χ3v) is 12.3. The van der Waals surface area contributed by atoms with E-state index in [0.29, 0.717) is 0 Å². The lowest BCUT2D eigenvalue weighted by molar-refractivity contribution is 0.571. The van der Waals surface area contributed by atoms with Crippen LogP contribution in [0, 0.1) is 0 Å². The molecule has 0 aliphatic heterocycles. The molecule has 0 atom stereocenters. The topological polar surface area (TPSA) is 4.93 Å². The Labute approximate surface area is 309 Å². The van der Waals surface area contributed by atoms with Crippen molar-refractivity contribution in [1.82, 2.24) is 4.57 Å². The summed E-state index contributed by atoms with van der Waals surface area (Å²) < 4.78 is 2.64. The van der Waals surface area contributed by atoms with Crippen LogP contribution in [0.5, 0.6) is 0 Å². The van der Waals surface area contributed by atoms with Crippen LogP contribution in [0.25, 0.3) is 109 Å². The molecule has 0 aliphatic rings. The Morgan fingerprint density at radius 1 is 0.358 bits per heavy atom. The highest BCUT2D eigenvalue weighted by Crippen LogP contribution is 2.43. The fraction of sp³-hybridized carbons (Fsp3) is 0.154. The SMILES string of the molecule is CCCCCCCCn1c2cc(-c3ccc4ccc5cccc6ccc3c4c56)ccc2c2ccc(-c3ccc4ccc5cccc6ccc3c4c56)cc21. The minimum Gasteiger partial charge on any atom is -0.340 e. The maximum atomic E-state index is 2.64. The van der Waals surface area contributed by atoms with Crippen LogP contribution in [-0.4, -0.2) is 4.57 Å². The van der Waals surface area contributed by atoms with Gasteiger partial charge in [0.05, 0.1) is 0 Å². The number of nitrogens with zero attached hydrogens (tertiary/aromatic N) is 1. The van der Waals surface area contributed by atoms with E-state index in [0.717, 1.165) is 6.54 Å². The smallest absolute Gasteiger partial charge is 0.0497 e. The average Bonchev–Trinajstić information content (AvgIpc) is 3.52. The minimum absolute atomic E-state index is 1.02. The highest BCUT2D eigenvalue weighted by molar-refractivity contribution is 6.27. The molecule has 0 radical (unpaired) electrons. The van der Waals surface area contributed by atoms with Crippen LogP contribution in [-0.2, 0) is 6.54 Å². The van der Waals surface area contributed by atoms with Crippen LogP contribution in [0.15, 0.2) is 146 Å². The fourth-order valence-corrected chi connectivity index (χ4v) is 9.70. The van der Waals surface area contributed by atoms with Gasteiger partial charge in [-0.25, -0.2) is 0 Å². The van der Waals surface area contributed by atoms with Crippen LogP contribution in [0.2, 0.25) is 0 Å². The summed E-state index contributed by atoms with van der Waals surface area (Å²) in [6, 6.07) is 55.5. The predicted octanol–water partition coefficient (Wildman–Crippen LogP) is 15.3. The normalized spacial score (nSPS) is 12.4. The fourth-order valence-electron chi connectivity index (χ4n) is 9.70. The molecule has 0 fully saturated rings. The van der Waals surface area contributed by atoms with E-state index >= 15 is 0 Å². The molecule has 0 amide bonds. The van der Waals surface area contributed by atoms with Crippen molar-refractivity contribution in [3.63, 3.8) is 0 Å². The molecule has 53 heavy (non-hydrogen) atoms. The largest absolute Gasteiger partial charge is 0.340 e. The van der Waals surface area contributed by atoms with Crippen molar-refractivity contribution in [2.45, 2.75) is 52.0 Å². The monoisotopic (exact) mass is 679 g/mol. The second kappa shape index (κ2) is 12.1. The van der Waals surface area contributed by atoms with Crippen molar-refractivity contribution in [3.05, 3.63) is 146 Å². The lowest BCUT2D eigenvalue weighted by Crippen LogP contribution is -1.98. The minimum atomic E-state index is 1.02. The van der Waals surface area contributed by atoms with Crippen LogP contribution in [0.3, 0.4) is 0 Å². The lowest BCUT2D eigenvalue weighted by atomic mass is 9.89. The first kappa shape index (κ1) is 30.7. The van der Waals surface area contributed by atoms with Crippen molar-refractivity contribution >= 4 is 86.4 Å². The summed E-state index contributed by atoms with van der Waals surface area (Å²) in [5, 5.41) is 18.7. The second-order valence-corrected chi connectivity index (χ2v) is 15.3. The van der Waals surface area contributed by atoms with Gasteiger partial charge in [0.1, 0.15) is 0 Å². The zero-order valence-electron chi connectivity index (χ0n) is 30.3. The molecule has 1 aromatic heterocycles. The van der Waals surface area contributed by atoms with E-state index in [1.165, 1.54) is 147 Å². The van der Waals surface area contributed by atoms with Gasteiger partial charge in [0.15, 0.2) is 0 Å².